The number of aromatic nitrogens is 1. The van der Waals surface area contributed by atoms with Gasteiger partial charge in [0.05, 0.1) is 30.1 Å². The van der Waals surface area contributed by atoms with Crippen LogP contribution in [0.1, 0.15) is 18.4 Å². The van der Waals surface area contributed by atoms with Crippen LogP contribution in [0.3, 0.4) is 0 Å². The first kappa shape index (κ1) is 22.3. The number of sulfone groups is 1. The summed E-state index contributed by atoms with van der Waals surface area (Å²) in [6, 6.07) is 5.72. The second-order valence-corrected chi connectivity index (χ2v) is 9.53. The molecular weight excluding hydrogens is 435 g/mol. The van der Waals surface area contributed by atoms with Crippen molar-refractivity contribution in [3.8, 4) is 0 Å². The smallest absolute Gasteiger partial charge is 0.280 e. The van der Waals surface area contributed by atoms with Gasteiger partial charge in [-0.05, 0) is 25.1 Å². The van der Waals surface area contributed by atoms with Gasteiger partial charge in [0, 0.05) is 12.0 Å². The summed E-state index contributed by atoms with van der Waals surface area (Å²) in [4.78, 5) is 22.0. The monoisotopic (exact) mass is 456 g/mol. The number of hydrogen-bond acceptors (Lipinski definition) is 9. The number of nitrogens with two attached hydrogens (primary N) is 1. The summed E-state index contributed by atoms with van der Waals surface area (Å²) in [5.41, 5.74) is 5.63. The van der Waals surface area contributed by atoms with Crippen molar-refractivity contribution in [3.05, 3.63) is 41.2 Å². The van der Waals surface area contributed by atoms with Crippen LogP contribution in [-0.4, -0.2) is 56.6 Å². The van der Waals surface area contributed by atoms with E-state index in [-0.39, 0.29) is 34.1 Å². The number of rotatable bonds is 9. The number of thiazole rings is 1. The number of carbonyl (C=O) groups is 1. The fourth-order valence-corrected chi connectivity index (χ4v) is 4.50. The maximum Gasteiger partial charge on any atom is 0.280 e. The largest absolute Gasteiger partial charge is 0.389 e. The van der Waals surface area contributed by atoms with Crippen LogP contribution < -0.4 is 11.1 Å². The number of nitrogens with zero attached hydrogens (tertiary/aromatic N) is 2. The molecule has 0 bridgehead atoms. The molecule has 1 fully saturated rings. The fraction of sp³-hybridized carbons (Fsp3) is 0.389. The summed E-state index contributed by atoms with van der Waals surface area (Å²) in [5.74, 6) is -0.730. The average Bonchev–Trinajstić information content (AvgIpc) is 3.39. The quantitative estimate of drug-likeness (QED) is 0.432. The van der Waals surface area contributed by atoms with Crippen LogP contribution in [0, 0.1) is 5.13 Å². The Morgan fingerprint density at radius 1 is 1.40 bits per heavy atom. The van der Waals surface area contributed by atoms with Gasteiger partial charge in [-0.25, -0.2) is 13.4 Å². The summed E-state index contributed by atoms with van der Waals surface area (Å²) in [6.45, 7) is 1.16. The van der Waals surface area contributed by atoms with E-state index in [2.05, 4.69) is 15.5 Å². The van der Waals surface area contributed by atoms with E-state index in [0.717, 1.165) is 6.20 Å². The number of hydrogen-bond donors (Lipinski definition) is 2. The van der Waals surface area contributed by atoms with Crippen molar-refractivity contribution in [2.45, 2.75) is 23.8 Å². The van der Waals surface area contributed by atoms with Gasteiger partial charge in [-0.2, -0.15) is 4.39 Å². The Labute approximate surface area is 177 Å². The Balaban J connectivity index is 1.83. The minimum Gasteiger partial charge on any atom is -0.389 e. The second kappa shape index (κ2) is 10.1. The lowest BCUT2D eigenvalue weighted by molar-refractivity contribution is -0.110. The van der Waals surface area contributed by atoms with Crippen LogP contribution in [0.2, 0.25) is 0 Å². The first-order valence-corrected chi connectivity index (χ1v) is 11.6. The molecule has 0 spiro atoms. The number of ether oxygens (including phenoxy) is 1. The first-order valence-electron chi connectivity index (χ1n) is 9.16. The zero-order valence-electron chi connectivity index (χ0n) is 15.9. The highest BCUT2D eigenvalue weighted by Crippen LogP contribution is 2.18. The van der Waals surface area contributed by atoms with Crippen LogP contribution in [0.5, 0.6) is 0 Å². The van der Waals surface area contributed by atoms with Gasteiger partial charge >= 0.3 is 0 Å². The molecule has 1 aromatic heterocycles. The molecule has 1 aliphatic heterocycles. The van der Waals surface area contributed by atoms with E-state index in [1.165, 1.54) is 24.3 Å². The Hall–Kier alpha value is -2.41. The molecule has 0 aliphatic carbocycles. The molecule has 1 aliphatic rings. The maximum absolute atomic E-state index is 13.2. The van der Waals surface area contributed by atoms with E-state index in [4.69, 9.17) is 15.3 Å². The molecule has 3 rings (SSSR count). The Kier molecular flexibility index (Phi) is 7.48. The SMILES string of the molecule is NCCCS(=O)(=O)c1ccc(/C(=N\O[C@@H]2CCOC2)C(=O)Nc2ncc(F)s2)cc1. The van der Waals surface area contributed by atoms with Gasteiger partial charge in [0.1, 0.15) is 0 Å². The molecule has 12 heteroatoms. The van der Waals surface area contributed by atoms with Crippen molar-refractivity contribution >= 4 is 37.9 Å². The fourth-order valence-electron chi connectivity index (χ4n) is 2.63. The van der Waals surface area contributed by atoms with E-state index in [9.17, 15) is 17.6 Å². The third kappa shape index (κ3) is 5.81. The lowest BCUT2D eigenvalue weighted by Crippen LogP contribution is -2.25. The van der Waals surface area contributed by atoms with Crippen LogP contribution in [-0.2, 0) is 24.2 Å². The van der Waals surface area contributed by atoms with E-state index >= 15 is 0 Å². The number of carbonyl (C=O) groups excluding carboxylic acids is 1. The zero-order valence-corrected chi connectivity index (χ0v) is 17.5. The van der Waals surface area contributed by atoms with Gasteiger partial charge in [0.2, 0.25) is 0 Å². The van der Waals surface area contributed by atoms with E-state index in [0.29, 0.717) is 43.0 Å². The van der Waals surface area contributed by atoms with E-state index in [1.807, 2.05) is 0 Å². The van der Waals surface area contributed by atoms with Crippen molar-refractivity contribution in [2.24, 2.45) is 10.9 Å². The first-order chi connectivity index (χ1) is 14.4. The zero-order chi connectivity index (χ0) is 21.6. The lowest BCUT2D eigenvalue weighted by Gasteiger charge is -2.10. The number of oxime groups is 1. The Bertz CT molecular complexity index is 1000. The molecule has 1 aromatic carbocycles. The van der Waals surface area contributed by atoms with Crippen LogP contribution in [0.25, 0.3) is 0 Å². The summed E-state index contributed by atoms with van der Waals surface area (Å²) in [6.07, 6.45) is 1.68. The lowest BCUT2D eigenvalue weighted by atomic mass is 10.1. The minimum absolute atomic E-state index is 0.0648. The molecule has 30 heavy (non-hydrogen) atoms. The third-order valence-electron chi connectivity index (χ3n) is 4.20. The molecule has 1 amide bonds. The third-order valence-corrected chi connectivity index (χ3v) is 6.72. The average molecular weight is 457 g/mol. The summed E-state index contributed by atoms with van der Waals surface area (Å²) in [5, 5.41) is 5.94. The summed E-state index contributed by atoms with van der Waals surface area (Å²) < 4.78 is 43.0. The molecule has 0 unspecified atom stereocenters. The second-order valence-electron chi connectivity index (χ2n) is 6.44. The van der Waals surface area contributed by atoms with Gasteiger partial charge in [-0.15, -0.1) is 0 Å². The normalized spacial score (nSPS) is 17.1. The highest BCUT2D eigenvalue weighted by Gasteiger charge is 2.22. The van der Waals surface area contributed by atoms with Crippen LogP contribution in [0.4, 0.5) is 9.52 Å². The Morgan fingerprint density at radius 2 is 2.17 bits per heavy atom. The topological polar surface area (TPSA) is 133 Å². The molecule has 3 N–H and O–H groups in total. The molecule has 1 atom stereocenters. The predicted octanol–water partition coefficient (Wildman–Crippen LogP) is 1.55. The maximum atomic E-state index is 13.2. The number of halogens is 1. The molecule has 0 radical (unpaired) electrons. The summed E-state index contributed by atoms with van der Waals surface area (Å²) >= 11 is 0.670. The number of amides is 1. The highest BCUT2D eigenvalue weighted by atomic mass is 32.2. The van der Waals surface area contributed by atoms with Crippen molar-refractivity contribution in [1.29, 1.82) is 0 Å². The van der Waals surface area contributed by atoms with Gasteiger partial charge in [-0.3, -0.25) is 10.1 Å². The van der Waals surface area contributed by atoms with Crippen molar-refractivity contribution < 1.29 is 27.2 Å². The standard InChI is InChI=1S/C18H21FN4O5S2/c19-15-10-21-18(29-15)22-17(24)16(23-28-13-6-8-27-11-13)12-2-4-14(5-3-12)30(25,26)9-1-7-20/h2-5,10,13H,1,6-9,11,20H2,(H,21,22,24)/b23-16+/t13-/m1/s1. The van der Waals surface area contributed by atoms with Crippen LogP contribution >= 0.6 is 11.3 Å². The Morgan fingerprint density at radius 3 is 2.77 bits per heavy atom. The molecule has 0 saturated carbocycles. The summed E-state index contributed by atoms with van der Waals surface area (Å²) in [7, 11) is -3.47. The number of nitrogens with one attached hydrogen (secondary N) is 1. The van der Waals surface area contributed by atoms with E-state index < -0.39 is 20.9 Å². The van der Waals surface area contributed by atoms with Crippen LogP contribution in [0.15, 0.2) is 40.5 Å². The van der Waals surface area contributed by atoms with Crippen molar-refractivity contribution in [1.82, 2.24) is 4.98 Å². The predicted molar refractivity (Wildman–Crippen MR) is 110 cm³/mol. The highest BCUT2D eigenvalue weighted by molar-refractivity contribution is 7.91. The van der Waals surface area contributed by atoms with Crippen molar-refractivity contribution in [2.75, 3.05) is 30.8 Å². The molecule has 1 saturated heterocycles. The van der Waals surface area contributed by atoms with Gasteiger partial charge in [0.15, 0.2) is 31.9 Å². The minimum atomic E-state index is -3.47. The van der Waals surface area contributed by atoms with Crippen molar-refractivity contribution in [3.63, 3.8) is 0 Å². The number of anilines is 1. The number of benzene rings is 1. The molecule has 9 nitrogen and oxygen atoms in total. The molecule has 162 valence electrons. The van der Waals surface area contributed by atoms with E-state index in [1.54, 1.807) is 0 Å². The molecule has 2 aromatic rings. The van der Waals surface area contributed by atoms with Gasteiger partial charge in [-0.1, -0.05) is 28.6 Å². The molecular formula is C18H21FN4O5S2. The molecule has 2 heterocycles. The van der Waals surface area contributed by atoms with Gasteiger partial charge in [0.25, 0.3) is 5.91 Å². The van der Waals surface area contributed by atoms with Gasteiger partial charge < -0.3 is 15.3 Å².